The van der Waals surface area contributed by atoms with E-state index in [1.165, 1.54) is 25.9 Å². The molecule has 0 aliphatic heterocycles. The van der Waals surface area contributed by atoms with E-state index in [2.05, 4.69) is 31.2 Å². The monoisotopic (exact) mass is 321 g/mol. The molecule has 0 bridgehead atoms. The number of allylic oxidation sites excluding steroid dienone is 8. The molecule has 14 heavy (non-hydrogen) atoms. The average molecular weight is 323 g/mol. The van der Waals surface area contributed by atoms with Crippen LogP contribution in [0.2, 0.25) is 0 Å². The molecule has 2 aliphatic carbocycles. The fourth-order valence-electron chi connectivity index (χ4n) is 1.69. The number of fused-ring (bicyclic) bond motifs is 1. The Hall–Kier alpha value is 0.853. The first-order valence-electron chi connectivity index (χ1n) is 4.51. The van der Waals surface area contributed by atoms with Crippen molar-refractivity contribution in [2.75, 3.05) is 6.16 Å². The average Bonchev–Trinajstić information content (AvgIpc) is 2.62. The molecule has 0 aromatic rings. The number of rotatable bonds is 3. The van der Waals surface area contributed by atoms with Gasteiger partial charge in [0.2, 0.25) is 0 Å². The van der Waals surface area contributed by atoms with Crippen molar-refractivity contribution >= 4 is 25.6 Å². The van der Waals surface area contributed by atoms with Gasteiger partial charge in [0.1, 0.15) is 0 Å². The predicted molar refractivity (Wildman–Crippen MR) is 62.9 cm³/mol. The van der Waals surface area contributed by atoms with Gasteiger partial charge in [0.15, 0.2) is 0 Å². The van der Waals surface area contributed by atoms with E-state index in [0.717, 1.165) is 8.58 Å². The molecule has 73 valence electrons. The Balaban J connectivity index is 2.37. The second kappa shape index (κ2) is 4.79. The van der Waals surface area contributed by atoms with Crippen molar-refractivity contribution in [3.8, 4) is 0 Å². The second-order valence-corrected chi connectivity index (χ2v) is 12.8. The maximum atomic E-state index is 6.19. The molecule has 0 heterocycles. The molecule has 0 spiro atoms. The molecule has 0 aromatic carbocycles. The van der Waals surface area contributed by atoms with Crippen molar-refractivity contribution in [1.82, 2.24) is 0 Å². The van der Waals surface area contributed by atoms with E-state index in [9.17, 15) is 0 Å². The molecular formula is C10H10Cl2PZr. The number of halogens is 2. The van der Waals surface area contributed by atoms with Crippen LogP contribution in [0.3, 0.4) is 0 Å². The second-order valence-electron chi connectivity index (χ2n) is 3.12. The Morgan fingerprint density at radius 1 is 1.43 bits per heavy atom. The molecule has 0 saturated heterocycles. The Labute approximate surface area is 101 Å². The molecule has 1 atom stereocenters. The van der Waals surface area contributed by atoms with E-state index in [-0.39, 0.29) is 0 Å². The van der Waals surface area contributed by atoms with Gasteiger partial charge in [-0.05, 0) is 0 Å². The van der Waals surface area contributed by atoms with Gasteiger partial charge >= 0.3 is 102 Å². The fourth-order valence-corrected chi connectivity index (χ4v) is 9.12. The molecule has 2 rings (SSSR count). The van der Waals surface area contributed by atoms with Crippen LogP contribution in [-0.4, -0.2) is 6.16 Å². The summed E-state index contributed by atoms with van der Waals surface area (Å²) >= 11 is -2.26. The van der Waals surface area contributed by atoms with E-state index in [4.69, 9.17) is 17.0 Å². The third kappa shape index (κ3) is 2.03. The predicted octanol–water partition coefficient (Wildman–Crippen LogP) is 4.26. The zero-order valence-electron chi connectivity index (χ0n) is 7.77. The van der Waals surface area contributed by atoms with Crippen LogP contribution in [0.25, 0.3) is 0 Å². The van der Waals surface area contributed by atoms with Gasteiger partial charge in [0, 0.05) is 0 Å². The summed E-state index contributed by atoms with van der Waals surface area (Å²) in [6.07, 6.45) is 9.80. The van der Waals surface area contributed by atoms with Crippen LogP contribution < -0.4 is 0 Å². The number of hydrogen-bond donors (Lipinski definition) is 0. The van der Waals surface area contributed by atoms with Crippen LogP contribution in [0.5, 0.6) is 0 Å². The SMILES string of the molecule is CCPC1=[C]([Zr]([Cl])[Cl])C2=CC=CC2=C1. The molecule has 1 unspecified atom stereocenters. The molecule has 0 amide bonds. The first kappa shape index (κ1) is 11.3. The summed E-state index contributed by atoms with van der Waals surface area (Å²) in [4.78, 5) is 0. The molecule has 0 aromatic heterocycles. The van der Waals surface area contributed by atoms with Crippen LogP contribution >= 0.6 is 25.6 Å². The van der Waals surface area contributed by atoms with E-state index in [1.807, 2.05) is 0 Å². The van der Waals surface area contributed by atoms with Gasteiger partial charge < -0.3 is 0 Å². The maximum absolute atomic E-state index is 6.19. The van der Waals surface area contributed by atoms with Crippen molar-refractivity contribution in [2.24, 2.45) is 0 Å². The zero-order chi connectivity index (χ0) is 10.1. The van der Waals surface area contributed by atoms with Gasteiger partial charge in [-0.15, -0.1) is 0 Å². The molecule has 0 saturated carbocycles. The first-order valence-corrected chi connectivity index (χ1v) is 13.3. The van der Waals surface area contributed by atoms with Gasteiger partial charge in [0.25, 0.3) is 0 Å². The van der Waals surface area contributed by atoms with Crippen molar-refractivity contribution in [1.29, 1.82) is 0 Å². The third-order valence-electron chi connectivity index (χ3n) is 2.24. The summed E-state index contributed by atoms with van der Waals surface area (Å²) in [5, 5.41) is 1.41. The summed E-state index contributed by atoms with van der Waals surface area (Å²) in [5.41, 5.74) is 2.62. The van der Waals surface area contributed by atoms with Gasteiger partial charge in [-0.1, -0.05) is 0 Å². The van der Waals surface area contributed by atoms with Crippen LogP contribution in [0, 0.1) is 0 Å². The van der Waals surface area contributed by atoms with E-state index >= 15 is 0 Å². The summed E-state index contributed by atoms with van der Waals surface area (Å²) in [6.45, 7) is 2.20. The summed E-state index contributed by atoms with van der Waals surface area (Å²) in [6, 6.07) is 0. The van der Waals surface area contributed by atoms with Crippen LogP contribution in [0.1, 0.15) is 6.92 Å². The Bertz CT molecular complexity index is 378. The minimum atomic E-state index is -2.26. The Morgan fingerprint density at radius 3 is 2.86 bits per heavy atom. The summed E-state index contributed by atoms with van der Waals surface area (Å²) in [5.74, 6) is 0. The van der Waals surface area contributed by atoms with Crippen LogP contribution in [0.4, 0.5) is 0 Å². The standard InChI is InChI=1S/C10H10P.2ClH.Zr/c1-2-11-10-6-8-4-3-5-9(8)7-10;;;/h3-6,11H,2H2,1H3;2*1H;/q;;;+2/p-2. The molecule has 2 aliphatic rings. The zero-order valence-corrected chi connectivity index (χ0v) is 12.7. The minimum absolute atomic E-state index is 0.859. The van der Waals surface area contributed by atoms with Gasteiger partial charge in [-0.25, -0.2) is 0 Å². The topological polar surface area (TPSA) is 0 Å². The fraction of sp³-hybridized carbons (Fsp3) is 0.200. The Kier molecular flexibility index (Phi) is 3.88. The van der Waals surface area contributed by atoms with Gasteiger partial charge in [-0.3, -0.25) is 0 Å². The Morgan fingerprint density at radius 2 is 2.21 bits per heavy atom. The van der Waals surface area contributed by atoms with Gasteiger partial charge in [-0.2, -0.15) is 0 Å². The molecule has 4 heteroatoms. The van der Waals surface area contributed by atoms with Crippen LogP contribution in [0.15, 0.2) is 44.0 Å². The summed E-state index contributed by atoms with van der Waals surface area (Å²) in [7, 11) is 13.2. The summed E-state index contributed by atoms with van der Waals surface area (Å²) < 4.78 is 1.32. The third-order valence-corrected chi connectivity index (χ3v) is 8.48. The van der Waals surface area contributed by atoms with Gasteiger partial charge in [0.05, 0.1) is 0 Å². The van der Waals surface area contributed by atoms with Crippen molar-refractivity contribution < 1.29 is 19.4 Å². The van der Waals surface area contributed by atoms with Crippen molar-refractivity contribution in [3.63, 3.8) is 0 Å². The molecule has 0 nitrogen and oxygen atoms in total. The number of hydrogen-bond acceptors (Lipinski definition) is 0. The normalized spacial score (nSPS) is 19.4. The molecule has 0 fully saturated rings. The van der Waals surface area contributed by atoms with Crippen molar-refractivity contribution in [3.05, 3.63) is 44.0 Å². The van der Waals surface area contributed by atoms with Crippen molar-refractivity contribution in [2.45, 2.75) is 6.92 Å². The molecule has 0 N–H and O–H groups in total. The van der Waals surface area contributed by atoms with E-state index in [1.54, 1.807) is 0 Å². The molecular weight excluding hydrogens is 313 g/mol. The van der Waals surface area contributed by atoms with E-state index in [0.29, 0.717) is 0 Å². The van der Waals surface area contributed by atoms with E-state index < -0.39 is 19.4 Å². The van der Waals surface area contributed by atoms with Crippen LogP contribution in [-0.2, 0) is 19.4 Å². The quantitative estimate of drug-likeness (QED) is 0.681. The first-order chi connectivity index (χ1) is 6.74. The molecule has 0 radical (unpaired) electrons.